The van der Waals surface area contributed by atoms with Gasteiger partial charge in [0.15, 0.2) is 0 Å². The summed E-state index contributed by atoms with van der Waals surface area (Å²) in [5, 5.41) is 13.6. The van der Waals surface area contributed by atoms with E-state index >= 15 is 0 Å². The van der Waals surface area contributed by atoms with Crippen LogP contribution < -0.4 is 5.32 Å². The third-order valence-electron chi connectivity index (χ3n) is 4.13. The van der Waals surface area contributed by atoms with Crippen LogP contribution in [0.25, 0.3) is 0 Å². The average molecular weight is 185 g/mol. The molecule has 1 saturated carbocycles. The Hall–Kier alpha value is -0.0800. The second-order valence-electron chi connectivity index (χ2n) is 5.12. The van der Waals surface area contributed by atoms with Crippen molar-refractivity contribution in [2.45, 2.75) is 51.7 Å². The highest BCUT2D eigenvalue weighted by Gasteiger charge is 2.53. The molecular weight excluding hydrogens is 162 g/mol. The van der Waals surface area contributed by atoms with Crippen LogP contribution in [0.1, 0.15) is 40.5 Å². The summed E-state index contributed by atoms with van der Waals surface area (Å²) in [5.41, 5.74) is -0.683. The zero-order valence-corrected chi connectivity index (χ0v) is 9.52. The third-order valence-corrected chi connectivity index (χ3v) is 4.13. The first-order chi connectivity index (χ1) is 5.85. The van der Waals surface area contributed by atoms with Crippen LogP contribution in [0.4, 0.5) is 0 Å². The van der Waals surface area contributed by atoms with Gasteiger partial charge in [-0.05, 0) is 45.6 Å². The van der Waals surface area contributed by atoms with E-state index in [0.29, 0.717) is 11.8 Å². The molecule has 1 aliphatic rings. The van der Waals surface area contributed by atoms with Gasteiger partial charge in [0.2, 0.25) is 0 Å². The van der Waals surface area contributed by atoms with Crippen molar-refractivity contribution in [3.8, 4) is 0 Å². The van der Waals surface area contributed by atoms with E-state index in [1.807, 2.05) is 14.0 Å². The van der Waals surface area contributed by atoms with Gasteiger partial charge in [-0.1, -0.05) is 13.8 Å². The first-order valence-electron chi connectivity index (χ1n) is 5.26. The molecule has 1 fully saturated rings. The van der Waals surface area contributed by atoms with Gasteiger partial charge in [-0.15, -0.1) is 0 Å². The quantitative estimate of drug-likeness (QED) is 0.687. The van der Waals surface area contributed by atoms with E-state index < -0.39 is 5.60 Å². The molecule has 0 spiro atoms. The van der Waals surface area contributed by atoms with Crippen LogP contribution >= 0.6 is 0 Å². The zero-order chi connectivity index (χ0) is 10.3. The van der Waals surface area contributed by atoms with Gasteiger partial charge in [0.1, 0.15) is 0 Å². The molecule has 0 bridgehead atoms. The molecule has 2 nitrogen and oxygen atoms in total. The van der Waals surface area contributed by atoms with Crippen LogP contribution in [-0.2, 0) is 0 Å². The molecule has 78 valence electrons. The molecule has 3 atom stereocenters. The van der Waals surface area contributed by atoms with E-state index in [9.17, 15) is 5.11 Å². The van der Waals surface area contributed by atoms with Crippen LogP contribution in [0.3, 0.4) is 0 Å². The summed E-state index contributed by atoms with van der Waals surface area (Å²) in [6, 6.07) is 0. The van der Waals surface area contributed by atoms with E-state index in [0.717, 1.165) is 12.8 Å². The maximum Gasteiger partial charge on any atom is 0.0800 e. The van der Waals surface area contributed by atoms with Crippen LogP contribution in [-0.4, -0.2) is 23.3 Å². The molecule has 0 aliphatic heterocycles. The maximum atomic E-state index is 10.3. The summed E-state index contributed by atoms with van der Waals surface area (Å²) in [6.07, 6.45) is 2.04. The van der Waals surface area contributed by atoms with Gasteiger partial charge in [-0.2, -0.15) is 0 Å². The number of aliphatic hydroxyl groups is 1. The predicted molar refractivity (Wildman–Crippen MR) is 55.7 cm³/mol. The fourth-order valence-corrected chi connectivity index (χ4v) is 2.84. The molecule has 0 saturated heterocycles. The first-order valence-corrected chi connectivity index (χ1v) is 5.26. The molecule has 1 rings (SSSR count). The summed E-state index contributed by atoms with van der Waals surface area (Å²) in [5.74, 6) is 1.21. The molecule has 1 aliphatic carbocycles. The van der Waals surface area contributed by atoms with E-state index in [1.54, 1.807) is 0 Å². The van der Waals surface area contributed by atoms with Crippen LogP contribution in [0, 0.1) is 11.8 Å². The number of nitrogens with one attached hydrogen (secondary N) is 1. The Morgan fingerprint density at radius 1 is 1.38 bits per heavy atom. The van der Waals surface area contributed by atoms with E-state index in [1.165, 1.54) is 0 Å². The van der Waals surface area contributed by atoms with Crippen molar-refractivity contribution in [2.75, 3.05) is 7.05 Å². The molecule has 0 heterocycles. The Morgan fingerprint density at radius 2 is 1.92 bits per heavy atom. The Bertz CT molecular complexity index is 189. The highest BCUT2D eigenvalue weighted by atomic mass is 16.3. The van der Waals surface area contributed by atoms with Crippen molar-refractivity contribution in [3.05, 3.63) is 0 Å². The van der Waals surface area contributed by atoms with Gasteiger partial charge >= 0.3 is 0 Å². The number of hydrogen-bond acceptors (Lipinski definition) is 2. The Labute approximate surface area is 81.7 Å². The lowest BCUT2D eigenvalue weighted by Crippen LogP contribution is -2.59. The molecule has 0 radical (unpaired) electrons. The molecule has 2 N–H and O–H groups in total. The van der Waals surface area contributed by atoms with E-state index in [2.05, 4.69) is 26.1 Å². The van der Waals surface area contributed by atoms with Gasteiger partial charge in [0.25, 0.3) is 0 Å². The molecule has 0 amide bonds. The molecule has 0 aromatic rings. The lowest BCUT2D eigenvalue weighted by molar-refractivity contribution is -0.0228. The van der Waals surface area contributed by atoms with Gasteiger partial charge in [0, 0.05) is 5.54 Å². The Morgan fingerprint density at radius 3 is 2.23 bits per heavy atom. The number of likely N-dealkylation sites (N-methyl/N-ethyl adjacent to an activating group) is 1. The van der Waals surface area contributed by atoms with Crippen LogP contribution in [0.2, 0.25) is 0 Å². The molecule has 0 aromatic heterocycles. The van der Waals surface area contributed by atoms with Crippen molar-refractivity contribution in [3.63, 3.8) is 0 Å². The molecule has 13 heavy (non-hydrogen) atoms. The minimum absolute atomic E-state index is 0.124. The summed E-state index contributed by atoms with van der Waals surface area (Å²) < 4.78 is 0. The second kappa shape index (κ2) is 3.25. The third kappa shape index (κ3) is 1.50. The smallest absolute Gasteiger partial charge is 0.0800 e. The molecule has 2 heteroatoms. The van der Waals surface area contributed by atoms with Crippen molar-refractivity contribution in [1.82, 2.24) is 5.32 Å². The summed E-state index contributed by atoms with van der Waals surface area (Å²) in [4.78, 5) is 0. The van der Waals surface area contributed by atoms with Crippen LogP contribution in [0.15, 0.2) is 0 Å². The molecule has 0 aromatic carbocycles. The largest absolute Gasteiger partial charge is 0.388 e. The molecular formula is C11H23NO. The predicted octanol–water partition coefficient (Wildman–Crippen LogP) is 1.78. The second-order valence-corrected chi connectivity index (χ2v) is 5.12. The van der Waals surface area contributed by atoms with Crippen molar-refractivity contribution >= 4 is 0 Å². The van der Waals surface area contributed by atoms with Gasteiger partial charge < -0.3 is 10.4 Å². The van der Waals surface area contributed by atoms with Gasteiger partial charge in [-0.3, -0.25) is 0 Å². The normalized spacial score (nSPS) is 45.9. The summed E-state index contributed by atoms with van der Waals surface area (Å²) in [6.45, 7) is 8.57. The zero-order valence-electron chi connectivity index (χ0n) is 9.52. The van der Waals surface area contributed by atoms with Gasteiger partial charge in [-0.25, -0.2) is 0 Å². The van der Waals surface area contributed by atoms with Crippen LogP contribution in [0.5, 0.6) is 0 Å². The standard InChI is InChI=1S/C11H23NO/c1-8(2)9-6-7-10(3,13)11(9,4)12-5/h8-9,12-13H,6-7H2,1-5H3/t9-,10-,11+/m0/s1. The fraction of sp³-hybridized carbons (Fsp3) is 1.00. The fourth-order valence-electron chi connectivity index (χ4n) is 2.84. The lowest BCUT2D eigenvalue weighted by Gasteiger charge is -2.42. The number of hydrogen-bond donors (Lipinski definition) is 2. The van der Waals surface area contributed by atoms with Crippen molar-refractivity contribution in [1.29, 1.82) is 0 Å². The molecule has 0 unspecified atom stereocenters. The van der Waals surface area contributed by atoms with E-state index in [4.69, 9.17) is 0 Å². The highest BCUT2D eigenvalue weighted by molar-refractivity contribution is 5.09. The number of rotatable bonds is 2. The minimum Gasteiger partial charge on any atom is -0.388 e. The van der Waals surface area contributed by atoms with Gasteiger partial charge in [0.05, 0.1) is 5.60 Å². The highest BCUT2D eigenvalue weighted by Crippen LogP contribution is 2.46. The summed E-state index contributed by atoms with van der Waals surface area (Å²) >= 11 is 0. The lowest BCUT2D eigenvalue weighted by atomic mass is 9.75. The Balaban J connectivity index is 2.93. The first kappa shape index (κ1) is 11.0. The monoisotopic (exact) mass is 185 g/mol. The van der Waals surface area contributed by atoms with Crippen molar-refractivity contribution < 1.29 is 5.11 Å². The van der Waals surface area contributed by atoms with E-state index in [-0.39, 0.29) is 5.54 Å². The minimum atomic E-state index is -0.559. The Kier molecular flexibility index (Phi) is 2.75. The van der Waals surface area contributed by atoms with Crippen molar-refractivity contribution in [2.24, 2.45) is 11.8 Å². The topological polar surface area (TPSA) is 32.3 Å². The average Bonchev–Trinajstić information content (AvgIpc) is 2.25. The summed E-state index contributed by atoms with van der Waals surface area (Å²) in [7, 11) is 1.95. The maximum absolute atomic E-state index is 10.3. The SMILES string of the molecule is CN[C@]1(C)[C@H](C(C)C)CC[C@]1(C)O.